The second-order valence-corrected chi connectivity index (χ2v) is 11.4. The Hall–Kier alpha value is -4.29. The van der Waals surface area contributed by atoms with Crippen LogP contribution in [0.2, 0.25) is 5.02 Å². The van der Waals surface area contributed by atoms with Gasteiger partial charge in [0, 0.05) is 0 Å². The van der Waals surface area contributed by atoms with Crippen molar-refractivity contribution in [3.05, 3.63) is 77.4 Å². The number of esters is 2. The normalized spacial score (nSPS) is 14.5. The van der Waals surface area contributed by atoms with Gasteiger partial charge in [0.05, 0.1) is 60.4 Å². The van der Waals surface area contributed by atoms with Crippen molar-refractivity contribution in [1.29, 1.82) is 0 Å². The Labute approximate surface area is 269 Å². The van der Waals surface area contributed by atoms with E-state index in [0.29, 0.717) is 50.0 Å². The van der Waals surface area contributed by atoms with Crippen molar-refractivity contribution < 1.29 is 38.0 Å². The van der Waals surface area contributed by atoms with Crippen molar-refractivity contribution in [3.8, 4) is 23.0 Å². The SMILES string of the molecule is CCOC(=O)C1=C(C)N=c2s/c(=C\c3cc(Cl)c(OCC(=O)OC)c(OCC)c3)c(=O)n2[C@@H]1c1ccc(OC(C)C)c(OC)c1. The number of rotatable bonds is 12. The number of nitrogens with zero attached hydrogens (tertiary/aromatic N) is 2. The van der Waals surface area contributed by atoms with Crippen LogP contribution in [-0.2, 0) is 19.1 Å². The van der Waals surface area contributed by atoms with Gasteiger partial charge < -0.3 is 28.4 Å². The van der Waals surface area contributed by atoms with Gasteiger partial charge in [0.1, 0.15) is 0 Å². The van der Waals surface area contributed by atoms with Crippen LogP contribution in [-0.4, -0.2) is 56.6 Å². The Morgan fingerprint density at radius 1 is 1.07 bits per heavy atom. The largest absolute Gasteiger partial charge is 0.493 e. The number of ether oxygens (including phenoxy) is 6. The third-order valence-electron chi connectivity index (χ3n) is 6.57. The summed E-state index contributed by atoms with van der Waals surface area (Å²) in [6.45, 7) is 9.13. The molecule has 0 aliphatic carbocycles. The van der Waals surface area contributed by atoms with Gasteiger partial charge in [-0.15, -0.1) is 0 Å². The number of benzene rings is 2. The third kappa shape index (κ3) is 7.34. The first-order chi connectivity index (χ1) is 21.5. The van der Waals surface area contributed by atoms with Gasteiger partial charge in [-0.05, 0) is 76.1 Å². The second kappa shape index (κ2) is 14.7. The first-order valence-electron chi connectivity index (χ1n) is 14.2. The maximum absolute atomic E-state index is 14.1. The minimum absolute atomic E-state index is 0.0927. The van der Waals surface area contributed by atoms with Crippen LogP contribution in [0, 0.1) is 0 Å². The Balaban J connectivity index is 1.89. The van der Waals surface area contributed by atoms with Crippen LogP contribution < -0.4 is 33.8 Å². The quantitative estimate of drug-likeness (QED) is 0.264. The summed E-state index contributed by atoms with van der Waals surface area (Å²) in [7, 11) is 2.78. The zero-order valence-electron chi connectivity index (χ0n) is 26.1. The number of allylic oxidation sites excluding steroid dienone is 1. The molecule has 11 nitrogen and oxygen atoms in total. The van der Waals surface area contributed by atoms with Gasteiger partial charge in [-0.2, -0.15) is 0 Å². The summed E-state index contributed by atoms with van der Waals surface area (Å²) in [6.07, 6.45) is 1.56. The Morgan fingerprint density at radius 3 is 2.47 bits per heavy atom. The van der Waals surface area contributed by atoms with Gasteiger partial charge >= 0.3 is 11.9 Å². The maximum Gasteiger partial charge on any atom is 0.343 e. The highest BCUT2D eigenvalue weighted by atomic mass is 35.5. The first kappa shape index (κ1) is 33.6. The Morgan fingerprint density at radius 2 is 1.82 bits per heavy atom. The first-order valence-corrected chi connectivity index (χ1v) is 15.4. The number of aromatic nitrogens is 1. The summed E-state index contributed by atoms with van der Waals surface area (Å²) in [6, 6.07) is 7.70. The standard InChI is InChI=1S/C32H35ClN2O9S/c1-8-41-24-13-19(12-21(33)29(24)43-16-26(36)40-7)14-25-30(37)35-28(20-10-11-22(44-17(3)4)23(15-20)39-6)27(31(38)42-9-2)18(5)34-32(35)45-25/h10-15,17,28H,8-9,16H2,1-7H3/b25-14-/t28-/m1/s1. The molecule has 0 radical (unpaired) electrons. The van der Waals surface area contributed by atoms with Gasteiger partial charge in [-0.25, -0.2) is 14.6 Å². The lowest BCUT2D eigenvalue weighted by Gasteiger charge is -2.25. The van der Waals surface area contributed by atoms with E-state index >= 15 is 0 Å². The van der Waals surface area contributed by atoms with Crippen LogP contribution in [0.25, 0.3) is 6.08 Å². The molecule has 0 spiro atoms. The molecule has 3 aromatic rings. The summed E-state index contributed by atoms with van der Waals surface area (Å²) < 4.78 is 34.6. The van der Waals surface area contributed by atoms with Gasteiger partial charge in [-0.1, -0.05) is 29.0 Å². The molecule has 1 aromatic heterocycles. The monoisotopic (exact) mass is 658 g/mol. The smallest absolute Gasteiger partial charge is 0.343 e. The fourth-order valence-electron chi connectivity index (χ4n) is 4.73. The summed E-state index contributed by atoms with van der Waals surface area (Å²) in [5.41, 5.74) is 1.46. The molecule has 45 heavy (non-hydrogen) atoms. The highest BCUT2D eigenvalue weighted by molar-refractivity contribution is 7.07. The summed E-state index contributed by atoms with van der Waals surface area (Å²) in [4.78, 5) is 44.0. The van der Waals surface area contributed by atoms with Crippen LogP contribution in [0.15, 0.2) is 51.4 Å². The minimum atomic E-state index is -0.846. The van der Waals surface area contributed by atoms with E-state index in [1.165, 1.54) is 18.8 Å². The molecule has 2 aromatic carbocycles. The van der Waals surface area contributed by atoms with Gasteiger partial charge in [0.2, 0.25) is 0 Å². The molecule has 0 amide bonds. The number of carbonyl (C=O) groups is 2. The molecule has 0 unspecified atom stereocenters. The Kier molecular flexibility index (Phi) is 10.9. The summed E-state index contributed by atoms with van der Waals surface area (Å²) >= 11 is 7.69. The second-order valence-electron chi connectivity index (χ2n) is 10.0. The Bertz CT molecular complexity index is 1810. The fourth-order valence-corrected chi connectivity index (χ4v) is 6.05. The van der Waals surface area contributed by atoms with Gasteiger partial charge in [0.25, 0.3) is 5.56 Å². The third-order valence-corrected chi connectivity index (χ3v) is 7.84. The van der Waals surface area contributed by atoms with Crippen LogP contribution in [0.3, 0.4) is 0 Å². The molecule has 0 bridgehead atoms. The molecule has 1 atom stereocenters. The molecule has 240 valence electrons. The average Bonchev–Trinajstić information content (AvgIpc) is 3.29. The number of thiazole rings is 1. The number of fused-ring (bicyclic) bond motifs is 1. The number of carbonyl (C=O) groups excluding carboxylic acids is 2. The molecule has 0 saturated carbocycles. The lowest BCUT2D eigenvalue weighted by Crippen LogP contribution is -2.40. The predicted molar refractivity (Wildman–Crippen MR) is 169 cm³/mol. The van der Waals surface area contributed by atoms with Crippen LogP contribution in [0.1, 0.15) is 51.8 Å². The number of hydrogen-bond donors (Lipinski definition) is 0. The van der Waals surface area contributed by atoms with Crippen LogP contribution in [0.5, 0.6) is 23.0 Å². The number of halogens is 1. The number of methoxy groups -OCH3 is 2. The van der Waals surface area contributed by atoms with E-state index in [9.17, 15) is 14.4 Å². The van der Waals surface area contributed by atoms with Crippen LogP contribution >= 0.6 is 22.9 Å². The van der Waals surface area contributed by atoms with E-state index in [-0.39, 0.29) is 41.2 Å². The maximum atomic E-state index is 14.1. The average molecular weight is 659 g/mol. The molecular weight excluding hydrogens is 624 g/mol. The van der Waals surface area contributed by atoms with E-state index < -0.39 is 18.0 Å². The zero-order chi connectivity index (χ0) is 32.8. The minimum Gasteiger partial charge on any atom is -0.493 e. The lowest BCUT2D eigenvalue weighted by molar-refractivity contribution is -0.143. The van der Waals surface area contributed by atoms with Crippen molar-refractivity contribution >= 4 is 41.0 Å². The fraction of sp³-hybridized carbons (Fsp3) is 0.375. The molecule has 2 heterocycles. The molecule has 0 fully saturated rings. The molecule has 0 saturated heterocycles. The van der Waals surface area contributed by atoms with Gasteiger partial charge in [0.15, 0.2) is 34.4 Å². The summed E-state index contributed by atoms with van der Waals surface area (Å²) in [5, 5.41) is 0.179. The molecule has 0 N–H and O–H groups in total. The summed E-state index contributed by atoms with van der Waals surface area (Å²) in [5.74, 6) is 0.301. The van der Waals surface area contributed by atoms with E-state index in [1.807, 2.05) is 13.8 Å². The van der Waals surface area contributed by atoms with Gasteiger partial charge in [-0.3, -0.25) is 9.36 Å². The lowest BCUT2D eigenvalue weighted by atomic mass is 9.95. The highest BCUT2D eigenvalue weighted by Gasteiger charge is 2.34. The number of hydrogen-bond acceptors (Lipinski definition) is 11. The molecule has 13 heteroatoms. The van der Waals surface area contributed by atoms with Crippen molar-refractivity contribution in [1.82, 2.24) is 4.57 Å². The van der Waals surface area contributed by atoms with Crippen molar-refractivity contribution in [2.45, 2.75) is 46.8 Å². The van der Waals surface area contributed by atoms with E-state index in [4.69, 9.17) is 35.3 Å². The molecule has 4 rings (SSSR count). The molecule has 1 aliphatic heterocycles. The van der Waals surface area contributed by atoms with E-state index in [1.54, 1.807) is 57.2 Å². The molecular formula is C32H35ClN2O9S. The van der Waals surface area contributed by atoms with Crippen molar-refractivity contribution in [2.24, 2.45) is 4.99 Å². The molecule has 1 aliphatic rings. The van der Waals surface area contributed by atoms with Crippen molar-refractivity contribution in [2.75, 3.05) is 34.0 Å². The predicted octanol–water partition coefficient (Wildman–Crippen LogP) is 4.20. The highest BCUT2D eigenvalue weighted by Crippen LogP contribution is 2.38. The zero-order valence-corrected chi connectivity index (χ0v) is 27.7. The topological polar surface area (TPSA) is 124 Å². The van der Waals surface area contributed by atoms with E-state index in [0.717, 1.165) is 11.3 Å². The van der Waals surface area contributed by atoms with Crippen LogP contribution in [0.4, 0.5) is 0 Å². The van der Waals surface area contributed by atoms with Crippen molar-refractivity contribution in [3.63, 3.8) is 0 Å². The van der Waals surface area contributed by atoms with E-state index in [2.05, 4.69) is 9.73 Å².